The average molecular weight is 359 g/mol. The van der Waals surface area contributed by atoms with Crippen molar-refractivity contribution in [2.75, 3.05) is 12.4 Å². The molecule has 0 bridgehead atoms. The molecule has 0 radical (unpaired) electrons. The van der Waals surface area contributed by atoms with Gasteiger partial charge < -0.3 is 19.8 Å². The van der Waals surface area contributed by atoms with E-state index in [2.05, 4.69) is 15.6 Å². The lowest BCUT2D eigenvalue weighted by Gasteiger charge is -2.17. The molecule has 0 saturated carbocycles. The zero-order chi connectivity index (χ0) is 19.4. The number of carbonyl (C=O) groups is 2. The van der Waals surface area contributed by atoms with E-state index in [0.29, 0.717) is 23.1 Å². The van der Waals surface area contributed by atoms with E-state index >= 15 is 0 Å². The Kier molecular flexibility index (Phi) is 6.02. The highest BCUT2D eigenvalue weighted by Crippen LogP contribution is 2.27. The highest BCUT2D eigenvalue weighted by atomic mass is 16.5. The van der Waals surface area contributed by atoms with Crippen LogP contribution >= 0.6 is 0 Å². The van der Waals surface area contributed by atoms with E-state index in [1.807, 2.05) is 32.9 Å². The van der Waals surface area contributed by atoms with Crippen molar-refractivity contribution >= 4 is 17.5 Å². The van der Waals surface area contributed by atoms with E-state index < -0.39 is 11.9 Å². The van der Waals surface area contributed by atoms with E-state index in [0.717, 1.165) is 5.56 Å². The fraction of sp³-hybridized carbons (Fsp3) is 0.421. The first-order chi connectivity index (χ1) is 12.2. The zero-order valence-corrected chi connectivity index (χ0v) is 16.0. The Morgan fingerprint density at radius 2 is 1.92 bits per heavy atom. The van der Waals surface area contributed by atoms with Gasteiger partial charge in [-0.05, 0) is 37.5 Å². The smallest absolute Gasteiger partial charge is 0.278 e. The normalized spacial score (nSPS) is 12.0. The maximum absolute atomic E-state index is 12.7. The maximum atomic E-state index is 12.7. The molecule has 2 rings (SSSR count). The molecular formula is C19H25N3O4. The van der Waals surface area contributed by atoms with Gasteiger partial charge in [-0.3, -0.25) is 9.59 Å². The van der Waals surface area contributed by atoms with Crippen molar-refractivity contribution in [2.24, 2.45) is 5.92 Å². The van der Waals surface area contributed by atoms with Gasteiger partial charge in [-0.2, -0.15) is 0 Å². The van der Waals surface area contributed by atoms with Gasteiger partial charge in [0, 0.05) is 6.92 Å². The van der Waals surface area contributed by atoms with E-state index in [9.17, 15) is 9.59 Å². The molecule has 26 heavy (non-hydrogen) atoms. The van der Waals surface area contributed by atoms with Crippen LogP contribution in [0.15, 0.2) is 22.6 Å². The molecule has 1 aromatic heterocycles. The standard InChI is InChI=1S/C19H25N3O4/c1-10(2)16(20-13(5)23)19-22-17(12(4)26-19)18(24)21-14-9-11(3)7-8-15(14)25-6/h7-10,16H,1-6H3,(H,20,23)(H,21,24)/t16-/m1/s1. The number of amides is 2. The summed E-state index contributed by atoms with van der Waals surface area (Å²) in [7, 11) is 1.54. The second-order valence-electron chi connectivity index (χ2n) is 6.54. The predicted molar refractivity (Wildman–Crippen MR) is 98.3 cm³/mol. The second-order valence-corrected chi connectivity index (χ2v) is 6.54. The third-order valence-corrected chi connectivity index (χ3v) is 3.92. The number of oxazole rings is 1. The fourth-order valence-electron chi connectivity index (χ4n) is 2.59. The van der Waals surface area contributed by atoms with E-state index in [1.54, 1.807) is 20.1 Å². The molecule has 0 aliphatic carbocycles. The highest BCUT2D eigenvalue weighted by molar-refractivity contribution is 6.04. The van der Waals surface area contributed by atoms with Crippen LogP contribution in [0.5, 0.6) is 5.75 Å². The van der Waals surface area contributed by atoms with Crippen molar-refractivity contribution in [3.05, 3.63) is 41.1 Å². The summed E-state index contributed by atoms with van der Waals surface area (Å²) in [5, 5.41) is 5.61. The van der Waals surface area contributed by atoms with Gasteiger partial charge in [0.05, 0.1) is 12.8 Å². The molecule has 0 aliphatic heterocycles. The van der Waals surface area contributed by atoms with Crippen LogP contribution in [0.3, 0.4) is 0 Å². The van der Waals surface area contributed by atoms with Crippen LogP contribution < -0.4 is 15.4 Å². The van der Waals surface area contributed by atoms with Crippen LogP contribution in [0, 0.1) is 19.8 Å². The lowest BCUT2D eigenvalue weighted by Crippen LogP contribution is -2.30. The third-order valence-electron chi connectivity index (χ3n) is 3.92. The Hall–Kier alpha value is -2.83. The molecule has 2 N–H and O–H groups in total. The number of carbonyl (C=O) groups excluding carboxylic acids is 2. The Morgan fingerprint density at radius 3 is 2.50 bits per heavy atom. The van der Waals surface area contributed by atoms with Crippen LogP contribution in [0.25, 0.3) is 0 Å². The fourth-order valence-corrected chi connectivity index (χ4v) is 2.59. The molecule has 7 heteroatoms. The monoisotopic (exact) mass is 359 g/mol. The molecule has 1 aromatic carbocycles. The highest BCUT2D eigenvalue weighted by Gasteiger charge is 2.26. The number of nitrogens with one attached hydrogen (secondary N) is 2. The Balaban J connectivity index is 2.29. The number of benzene rings is 1. The first-order valence-corrected chi connectivity index (χ1v) is 8.43. The summed E-state index contributed by atoms with van der Waals surface area (Å²) >= 11 is 0. The number of hydrogen-bond acceptors (Lipinski definition) is 5. The minimum atomic E-state index is -0.402. The Labute approximate surface area is 153 Å². The molecule has 0 fully saturated rings. The second kappa shape index (κ2) is 8.03. The van der Waals surface area contributed by atoms with Gasteiger partial charge in [-0.15, -0.1) is 0 Å². The molecule has 0 aliphatic rings. The summed E-state index contributed by atoms with van der Waals surface area (Å²) in [5.41, 5.74) is 1.73. The summed E-state index contributed by atoms with van der Waals surface area (Å²) in [4.78, 5) is 28.4. The number of nitrogens with zero attached hydrogens (tertiary/aromatic N) is 1. The van der Waals surface area contributed by atoms with E-state index in [4.69, 9.17) is 9.15 Å². The molecule has 1 atom stereocenters. The largest absolute Gasteiger partial charge is 0.495 e. The van der Waals surface area contributed by atoms with Crippen molar-refractivity contribution in [3.8, 4) is 5.75 Å². The van der Waals surface area contributed by atoms with Crippen LogP contribution in [0.1, 0.15) is 54.5 Å². The van der Waals surface area contributed by atoms with E-state index in [1.165, 1.54) is 6.92 Å². The quantitative estimate of drug-likeness (QED) is 0.824. The molecule has 0 spiro atoms. The first kappa shape index (κ1) is 19.5. The summed E-state index contributed by atoms with van der Waals surface area (Å²) in [6.45, 7) is 8.91. The van der Waals surface area contributed by atoms with Crippen molar-refractivity contribution in [1.82, 2.24) is 10.3 Å². The number of anilines is 1. The van der Waals surface area contributed by atoms with Crippen molar-refractivity contribution in [1.29, 1.82) is 0 Å². The molecule has 2 aromatic rings. The maximum Gasteiger partial charge on any atom is 0.278 e. The van der Waals surface area contributed by atoms with Crippen molar-refractivity contribution in [2.45, 2.75) is 40.7 Å². The molecule has 0 unspecified atom stereocenters. The SMILES string of the molecule is COc1ccc(C)cc1NC(=O)c1nc([C@H](NC(C)=O)C(C)C)oc1C. The molecule has 140 valence electrons. The number of methoxy groups -OCH3 is 1. The zero-order valence-electron chi connectivity index (χ0n) is 16.0. The van der Waals surface area contributed by atoms with Crippen molar-refractivity contribution in [3.63, 3.8) is 0 Å². The summed E-state index contributed by atoms with van der Waals surface area (Å²) in [6.07, 6.45) is 0. The van der Waals surface area contributed by atoms with Gasteiger partial charge in [0.15, 0.2) is 5.69 Å². The number of aryl methyl sites for hydroxylation is 2. The molecule has 1 heterocycles. The number of hydrogen-bond donors (Lipinski definition) is 2. The summed E-state index contributed by atoms with van der Waals surface area (Å²) in [5.74, 6) is 0.740. The number of aromatic nitrogens is 1. The van der Waals surface area contributed by atoms with Gasteiger partial charge in [-0.25, -0.2) is 4.98 Å². The molecule has 2 amide bonds. The Bertz CT molecular complexity index is 811. The minimum absolute atomic E-state index is 0.0599. The third kappa shape index (κ3) is 4.41. The molecule has 0 saturated heterocycles. The molecular weight excluding hydrogens is 334 g/mol. The Morgan fingerprint density at radius 1 is 1.23 bits per heavy atom. The van der Waals surface area contributed by atoms with Gasteiger partial charge in [-0.1, -0.05) is 19.9 Å². The topological polar surface area (TPSA) is 93.5 Å². The van der Waals surface area contributed by atoms with Crippen LogP contribution in [0.2, 0.25) is 0 Å². The average Bonchev–Trinajstić information content (AvgIpc) is 2.94. The van der Waals surface area contributed by atoms with Crippen LogP contribution in [0.4, 0.5) is 5.69 Å². The number of ether oxygens (including phenoxy) is 1. The summed E-state index contributed by atoms with van der Waals surface area (Å²) in [6, 6.07) is 5.11. The van der Waals surface area contributed by atoms with Gasteiger partial charge in [0.1, 0.15) is 17.6 Å². The van der Waals surface area contributed by atoms with Crippen LogP contribution in [-0.2, 0) is 4.79 Å². The van der Waals surface area contributed by atoms with Gasteiger partial charge >= 0.3 is 0 Å². The minimum Gasteiger partial charge on any atom is -0.495 e. The van der Waals surface area contributed by atoms with Crippen LogP contribution in [-0.4, -0.2) is 23.9 Å². The van der Waals surface area contributed by atoms with Crippen molar-refractivity contribution < 1.29 is 18.7 Å². The lowest BCUT2D eigenvalue weighted by atomic mass is 10.0. The van der Waals surface area contributed by atoms with E-state index in [-0.39, 0.29) is 17.5 Å². The van der Waals surface area contributed by atoms with Gasteiger partial charge in [0.25, 0.3) is 5.91 Å². The summed E-state index contributed by atoms with van der Waals surface area (Å²) < 4.78 is 10.9. The predicted octanol–water partition coefficient (Wildman–Crippen LogP) is 3.39. The first-order valence-electron chi connectivity index (χ1n) is 8.43. The van der Waals surface area contributed by atoms with Gasteiger partial charge in [0.2, 0.25) is 11.8 Å². The lowest BCUT2D eigenvalue weighted by molar-refractivity contribution is -0.120. The number of rotatable bonds is 6. The molecule has 7 nitrogen and oxygen atoms in total.